The van der Waals surface area contributed by atoms with Crippen LogP contribution >= 0.6 is 0 Å². The Morgan fingerprint density at radius 1 is 1.18 bits per heavy atom. The van der Waals surface area contributed by atoms with E-state index in [9.17, 15) is 14.6 Å². The number of rotatable bonds is 0. The average Bonchev–Trinajstić information content (AvgIpc) is 2.74. The van der Waals surface area contributed by atoms with Gasteiger partial charge >= 0.3 is 0 Å². The topological polar surface area (TPSA) is 40.5 Å². The van der Waals surface area contributed by atoms with Gasteiger partial charge in [-0.15, -0.1) is 0 Å². The highest BCUT2D eigenvalue weighted by atomic mass is 19.1. The SMILES string of the molecule is C[C@]12CC[C@H]3[C@@H](CC=C4CCCC(O)(O)[C@@]43C)[C@@H]1C[C@@H](F)C2. The Hall–Kier alpha value is -0.410. The minimum absolute atomic E-state index is 0.129. The Bertz CT molecular complexity index is 514. The zero-order chi connectivity index (χ0) is 15.8. The highest BCUT2D eigenvalue weighted by molar-refractivity contribution is 5.28. The largest absolute Gasteiger partial charge is 0.365 e. The summed E-state index contributed by atoms with van der Waals surface area (Å²) in [5.41, 5.74) is 0.859. The van der Waals surface area contributed by atoms with Gasteiger partial charge in [0.1, 0.15) is 6.17 Å². The molecule has 0 unspecified atom stereocenters. The number of hydrogen-bond donors (Lipinski definition) is 2. The number of alkyl halides is 1. The zero-order valence-corrected chi connectivity index (χ0v) is 13.8. The Kier molecular flexibility index (Phi) is 3.14. The molecule has 0 spiro atoms. The van der Waals surface area contributed by atoms with E-state index in [4.69, 9.17) is 0 Å². The lowest BCUT2D eigenvalue weighted by Crippen LogP contribution is -2.59. The molecule has 0 saturated heterocycles. The zero-order valence-electron chi connectivity index (χ0n) is 13.8. The van der Waals surface area contributed by atoms with Gasteiger partial charge in [-0.25, -0.2) is 4.39 Å². The van der Waals surface area contributed by atoms with Gasteiger partial charge in [0, 0.05) is 11.8 Å². The summed E-state index contributed by atoms with van der Waals surface area (Å²) in [6.07, 6.45) is 8.40. The van der Waals surface area contributed by atoms with E-state index in [0.717, 1.165) is 32.1 Å². The number of aliphatic hydroxyl groups is 2. The Labute approximate surface area is 132 Å². The minimum Gasteiger partial charge on any atom is -0.365 e. The third-order valence-corrected chi connectivity index (χ3v) is 8.00. The highest BCUT2D eigenvalue weighted by Gasteiger charge is 2.62. The quantitative estimate of drug-likeness (QED) is 0.525. The standard InChI is InChI=1S/C19H29FO2/c1-17-9-7-15-14(16(17)10-13(20)11-17)6-5-12-4-3-8-19(21,22)18(12,15)2/h5,13-16,21-22H,3-4,6-11H2,1-2H3/t13-,14-,15+,16+,17-,18+/m1/s1. The van der Waals surface area contributed by atoms with Crippen molar-refractivity contribution in [3.8, 4) is 0 Å². The van der Waals surface area contributed by atoms with Crippen LogP contribution in [0.15, 0.2) is 11.6 Å². The van der Waals surface area contributed by atoms with Gasteiger partial charge in [-0.05, 0) is 68.1 Å². The maximum Gasteiger partial charge on any atom is 0.172 e. The lowest BCUT2D eigenvalue weighted by molar-refractivity contribution is -0.268. The van der Waals surface area contributed by atoms with Crippen LogP contribution in [0.4, 0.5) is 4.39 Å². The van der Waals surface area contributed by atoms with Crippen molar-refractivity contribution in [1.82, 2.24) is 0 Å². The Balaban J connectivity index is 1.75. The summed E-state index contributed by atoms with van der Waals surface area (Å²) in [5, 5.41) is 21.5. The molecule has 0 bridgehead atoms. The molecule has 3 fully saturated rings. The predicted octanol–water partition coefficient (Wildman–Crippen LogP) is 3.97. The first kappa shape index (κ1) is 15.1. The molecular formula is C19H29FO2. The summed E-state index contributed by atoms with van der Waals surface area (Å²) >= 11 is 0. The highest BCUT2D eigenvalue weighted by Crippen LogP contribution is 2.66. The van der Waals surface area contributed by atoms with E-state index >= 15 is 0 Å². The smallest absolute Gasteiger partial charge is 0.172 e. The van der Waals surface area contributed by atoms with Crippen molar-refractivity contribution >= 4 is 0 Å². The fourth-order valence-electron chi connectivity index (χ4n) is 6.73. The van der Waals surface area contributed by atoms with Gasteiger partial charge < -0.3 is 10.2 Å². The van der Waals surface area contributed by atoms with E-state index in [2.05, 4.69) is 19.9 Å². The molecule has 0 aliphatic heterocycles. The van der Waals surface area contributed by atoms with Crippen molar-refractivity contribution < 1.29 is 14.6 Å². The number of hydrogen-bond acceptors (Lipinski definition) is 2. The van der Waals surface area contributed by atoms with Crippen molar-refractivity contribution in [2.75, 3.05) is 0 Å². The Morgan fingerprint density at radius 3 is 2.73 bits per heavy atom. The van der Waals surface area contributed by atoms with Crippen LogP contribution in [0, 0.1) is 28.6 Å². The minimum atomic E-state index is -1.60. The lowest BCUT2D eigenvalue weighted by atomic mass is 9.47. The normalized spacial score (nSPS) is 53.2. The van der Waals surface area contributed by atoms with Crippen LogP contribution in [0.5, 0.6) is 0 Å². The van der Waals surface area contributed by atoms with Crippen molar-refractivity contribution in [3.63, 3.8) is 0 Å². The molecule has 4 aliphatic rings. The first-order chi connectivity index (χ1) is 10.3. The van der Waals surface area contributed by atoms with E-state index in [1.165, 1.54) is 5.57 Å². The molecule has 0 heterocycles. The number of allylic oxidation sites excluding steroid dienone is 1. The van der Waals surface area contributed by atoms with Crippen LogP contribution in [-0.4, -0.2) is 22.2 Å². The molecule has 124 valence electrons. The van der Waals surface area contributed by atoms with Gasteiger partial charge in [0.15, 0.2) is 5.79 Å². The first-order valence-electron chi connectivity index (χ1n) is 9.06. The van der Waals surface area contributed by atoms with E-state index < -0.39 is 17.4 Å². The fourth-order valence-corrected chi connectivity index (χ4v) is 6.73. The van der Waals surface area contributed by atoms with Gasteiger partial charge in [-0.1, -0.05) is 25.5 Å². The first-order valence-corrected chi connectivity index (χ1v) is 9.06. The molecule has 6 atom stereocenters. The molecule has 3 heteroatoms. The molecule has 4 aliphatic carbocycles. The molecule has 22 heavy (non-hydrogen) atoms. The van der Waals surface area contributed by atoms with Crippen LogP contribution in [-0.2, 0) is 0 Å². The van der Waals surface area contributed by atoms with Crippen LogP contribution < -0.4 is 0 Å². The van der Waals surface area contributed by atoms with Crippen molar-refractivity contribution in [2.24, 2.45) is 28.6 Å². The third-order valence-electron chi connectivity index (χ3n) is 8.00. The second-order valence-corrected chi connectivity index (χ2v) is 8.94. The van der Waals surface area contributed by atoms with Gasteiger partial charge in [0.2, 0.25) is 0 Å². The summed E-state index contributed by atoms with van der Waals surface area (Å²) in [7, 11) is 0. The summed E-state index contributed by atoms with van der Waals surface area (Å²) < 4.78 is 14.1. The molecule has 2 nitrogen and oxygen atoms in total. The van der Waals surface area contributed by atoms with Crippen molar-refractivity contribution in [1.29, 1.82) is 0 Å². The molecule has 0 amide bonds. The summed E-state index contributed by atoms with van der Waals surface area (Å²) in [6, 6.07) is 0. The van der Waals surface area contributed by atoms with Gasteiger partial charge in [0.05, 0.1) is 0 Å². The molecule has 4 rings (SSSR count). The van der Waals surface area contributed by atoms with Gasteiger partial charge in [-0.2, -0.15) is 0 Å². The predicted molar refractivity (Wildman–Crippen MR) is 83.8 cm³/mol. The van der Waals surface area contributed by atoms with Crippen molar-refractivity contribution in [2.45, 2.75) is 77.2 Å². The van der Waals surface area contributed by atoms with Gasteiger partial charge in [0.25, 0.3) is 0 Å². The molecule has 3 saturated carbocycles. The molecule has 2 N–H and O–H groups in total. The maximum absolute atomic E-state index is 14.1. The van der Waals surface area contributed by atoms with Crippen LogP contribution in [0.1, 0.15) is 65.2 Å². The number of halogens is 1. The second kappa shape index (κ2) is 4.57. The van der Waals surface area contributed by atoms with E-state index in [1.54, 1.807) is 0 Å². The van der Waals surface area contributed by atoms with E-state index in [1.807, 2.05) is 0 Å². The maximum atomic E-state index is 14.1. The molecule has 0 aromatic heterocycles. The van der Waals surface area contributed by atoms with Crippen LogP contribution in [0.2, 0.25) is 0 Å². The van der Waals surface area contributed by atoms with Crippen LogP contribution in [0.3, 0.4) is 0 Å². The van der Waals surface area contributed by atoms with E-state index in [-0.39, 0.29) is 5.41 Å². The summed E-state index contributed by atoms with van der Waals surface area (Å²) in [4.78, 5) is 0. The molecule has 0 aromatic rings. The molecule has 0 radical (unpaired) electrons. The summed E-state index contributed by atoms with van der Waals surface area (Å²) in [6.45, 7) is 4.33. The summed E-state index contributed by atoms with van der Waals surface area (Å²) in [5.74, 6) is -0.466. The van der Waals surface area contributed by atoms with Crippen LogP contribution in [0.25, 0.3) is 0 Å². The third kappa shape index (κ3) is 1.78. The molecule has 0 aromatic carbocycles. The van der Waals surface area contributed by atoms with Crippen molar-refractivity contribution in [3.05, 3.63) is 11.6 Å². The van der Waals surface area contributed by atoms with E-state index in [0.29, 0.717) is 37.0 Å². The second-order valence-electron chi connectivity index (χ2n) is 8.94. The Morgan fingerprint density at radius 2 is 1.95 bits per heavy atom. The molecular weight excluding hydrogens is 279 g/mol. The lowest BCUT2D eigenvalue weighted by Gasteiger charge is -2.60. The number of fused-ring (bicyclic) bond motifs is 5. The fraction of sp³-hybridized carbons (Fsp3) is 0.895. The average molecular weight is 308 g/mol. The van der Waals surface area contributed by atoms with Gasteiger partial charge in [-0.3, -0.25) is 0 Å². The monoisotopic (exact) mass is 308 g/mol.